The molecule has 0 aliphatic carbocycles. The Morgan fingerprint density at radius 1 is 1.67 bits per heavy atom. The van der Waals surface area contributed by atoms with Crippen molar-refractivity contribution in [1.82, 2.24) is 10.2 Å². The maximum Gasteiger partial charge on any atom is 0.0468 e. The molecule has 0 aromatic heterocycles. The van der Waals surface area contributed by atoms with Gasteiger partial charge in [-0.25, -0.2) is 0 Å². The summed E-state index contributed by atoms with van der Waals surface area (Å²) in [6.45, 7) is 5.64. The summed E-state index contributed by atoms with van der Waals surface area (Å²) >= 11 is 0. The number of nitrogens with one attached hydrogen (secondary N) is 1. The molecule has 0 spiro atoms. The van der Waals surface area contributed by atoms with Gasteiger partial charge in [0.15, 0.2) is 0 Å². The summed E-state index contributed by atoms with van der Waals surface area (Å²) in [5, 5.41) is 12.3. The van der Waals surface area contributed by atoms with Crippen molar-refractivity contribution >= 4 is 0 Å². The number of aliphatic hydroxyl groups excluding tert-OH is 1. The molecule has 0 bridgehead atoms. The van der Waals surface area contributed by atoms with Gasteiger partial charge in [-0.15, -0.1) is 0 Å². The fourth-order valence-electron chi connectivity index (χ4n) is 1.53. The molecule has 2 atom stereocenters. The number of hydrogen-bond acceptors (Lipinski definition) is 3. The summed E-state index contributed by atoms with van der Waals surface area (Å²) in [6.07, 6.45) is 1.24. The minimum atomic E-state index is 0.287. The Kier molecular flexibility index (Phi) is 3.98. The van der Waals surface area contributed by atoms with Crippen LogP contribution < -0.4 is 5.32 Å². The van der Waals surface area contributed by atoms with E-state index in [0.29, 0.717) is 12.0 Å². The Morgan fingerprint density at radius 2 is 2.42 bits per heavy atom. The van der Waals surface area contributed by atoms with Crippen LogP contribution in [0, 0.1) is 5.92 Å². The second kappa shape index (κ2) is 4.80. The Bertz CT molecular complexity index is 130. The third-order valence-electron chi connectivity index (χ3n) is 2.46. The van der Waals surface area contributed by atoms with E-state index in [-0.39, 0.29) is 6.61 Å². The molecule has 0 saturated carbocycles. The lowest BCUT2D eigenvalue weighted by atomic mass is 10.2. The van der Waals surface area contributed by atoms with Crippen LogP contribution in [0.4, 0.5) is 0 Å². The van der Waals surface area contributed by atoms with E-state index in [0.717, 1.165) is 13.1 Å². The van der Waals surface area contributed by atoms with E-state index in [1.54, 1.807) is 0 Å². The molecule has 1 fully saturated rings. The highest BCUT2D eigenvalue weighted by atomic mass is 16.3. The lowest BCUT2D eigenvalue weighted by Gasteiger charge is -2.15. The van der Waals surface area contributed by atoms with Gasteiger partial charge in [-0.2, -0.15) is 0 Å². The summed E-state index contributed by atoms with van der Waals surface area (Å²) in [6, 6.07) is 0.643. The average Bonchev–Trinajstić information content (AvgIpc) is 2.47. The highest BCUT2D eigenvalue weighted by Crippen LogP contribution is 2.06. The maximum atomic E-state index is 8.81. The van der Waals surface area contributed by atoms with Gasteiger partial charge in [0.05, 0.1) is 0 Å². The number of likely N-dealkylation sites (tertiary alicyclic amines) is 1. The van der Waals surface area contributed by atoms with E-state index in [1.165, 1.54) is 13.0 Å². The topological polar surface area (TPSA) is 35.5 Å². The van der Waals surface area contributed by atoms with Crippen molar-refractivity contribution in [3.63, 3.8) is 0 Å². The molecule has 3 nitrogen and oxygen atoms in total. The van der Waals surface area contributed by atoms with Crippen molar-refractivity contribution in [2.24, 2.45) is 5.92 Å². The molecule has 0 amide bonds. The van der Waals surface area contributed by atoms with E-state index in [9.17, 15) is 0 Å². The largest absolute Gasteiger partial charge is 0.396 e. The van der Waals surface area contributed by atoms with Crippen molar-refractivity contribution < 1.29 is 5.11 Å². The van der Waals surface area contributed by atoms with Crippen molar-refractivity contribution in [1.29, 1.82) is 0 Å². The molecule has 1 aliphatic heterocycles. The molecule has 1 saturated heterocycles. The van der Waals surface area contributed by atoms with Gasteiger partial charge in [0.2, 0.25) is 0 Å². The monoisotopic (exact) mass is 172 g/mol. The molecule has 1 heterocycles. The number of aliphatic hydroxyl groups is 1. The second-order valence-corrected chi connectivity index (χ2v) is 3.94. The minimum absolute atomic E-state index is 0.287. The summed E-state index contributed by atoms with van der Waals surface area (Å²) in [5.41, 5.74) is 0. The zero-order valence-corrected chi connectivity index (χ0v) is 8.08. The minimum Gasteiger partial charge on any atom is -0.396 e. The first-order chi connectivity index (χ1) is 5.72. The van der Waals surface area contributed by atoms with Gasteiger partial charge >= 0.3 is 0 Å². The summed E-state index contributed by atoms with van der Waals surface area (Å²) in [7, 11) is 2.15. The number of rotatable bonds is 4. The molecule has 72 valence electrons. The van der Waals surface area contributed by atoms with Crippen LogP contribution in [0.25, 0.3) is 0 Å². The van der Waals surface area contributed by atoms with E-state index in [2.05, 4.69) is 24.2 Å². The molecule has 0 aromatic rings. The lowest BCUT2D eigenvalue weighted by Crippen LogP contribution is -2.35. The molecule has 3 heteroatoms. The fourth-order valence-corrected chi connectivity index (χ4v) is 1.53. The molecule has 2 unspecified atom stereocenters. The van der Waals surface area contributed by atoms with E-state index in [4.69, 9.17) is 5.11 Å². The SMILES string of the molecule is CC(CO)CNC1CCN(C)C1. The molecule has 0 radical (unpaired) electrons. The van der Waals surface area contributed by atoms with Gasteiger partial charge in [0, 0.05) is 25.7 Å². The lowest BCUT2D eigenvalue weighted by molar-refractivity contribution is 0.230. The molecular weight excluding hydrogens is 152 g/mol. The van der Waals surface area contributed by atoms with E-state index >= 15 is 0 Å². The van der Waals surface area contributed by atoms with Gasteiger partial charge in [-0.3, -0.25) is 0 Å². The number of nitrogens with zero attached hydrogens (tertiary/aromatic N) is 1. The van der Waals surface area contributed by atoms with Gasteiger partial charge in [-0.1, -0.05) is 6.92 Å². The number of hydrogen-bond donors (Lipinski definition) is 2. The molecule has 1 aliphatic rings. The van der Waals surface area contributed by atoms with Crippen molar-refractivity contribution in [3.8, 4) is 0 Å². The summed E-state index contributed by atoms with van der Waals surface area (Å²) in [4.78, 5) is 2.33. The maximum absolute atomic E-state index is 8.81. The van der Waals surface area contributed by atoms with Gasteiger partial charge in [0.1, 0.15) is 0 Å². The van der Waals surface area contributed by atoms with Crippen molar-refractivity contribution in [2.75, 3.05) is 33.3 Å². The number of likely N-dealkylation sites (N-methyl/N-ethyl adjacent to an activating group) is 1. The third-order valence-corrected chi connectivity index (χ3v) is 2.46. The highest BCUT2D eigenvalue weighted by Gasteiger charge is 2.18. The quantitative estimate of drug-likeness (QED) is 0.622. The smallest absolute Gasteiger partial charge is 0.0468 e. The van der Waals surface area contributed by atoms with Gasteiger partial charge < -0.3 is 15.3 Å². The van der Waals surface area contributed by atoms with Crippen LogP contribution >= 0.6 is 0 Å². The normalized spacial score (nSPS) is 27.8. The first kappa shape index (κ1) is 9.96. The molecule has 0 aromatic carbocycles. The van der Waals surface area contributed by atoms with Crippen molar-refractivity contribution in [3.05, 3.63) is 0 Å². The second-order valence-electron chi connectivity index (χ2n) is 3.94. The predicted molar refractivity (Wildman–Crippen MR) is 50.2 cm³/mol. The van der Waals surface area contributed by atoms with Crippen LogP contribution in [0.5, 0.6) is 0 Å². The van der Waals surface area contributed by atoms with Gasteiger partial charge in [0.25, 0.3) is 0 Å². The van der Waals surface area contributed by atoms with Crippen molar-refractivity contribution in [2.45, 2.75) is 19.4 Å². The van der Waals surface area contributed by atoms with Crippen LogP contribution in [0.15, 0.2) is 0 Å². The zero-order valence-electron chi connectivity index (χ0n) is 8.08. The Hall–Kier alpha value is -0.120. The predicted octanol–water partition coefficient (Wildman–Crippen LogP) is -0.0915. The fraction of sp³-hybridized carbons (Fsp3) is 1.00. The van der Waals surface area contributed by atoms with Gasteiger partial charge in [-0.05, 0) is 25.9 Å². The average molecular weight is 172 g/mol. The first-order valence-corrected chi connectivity index (χ1v) is 4.75. The van der Waals surface area contributed by atoms with Crippen LogP contribution in [0.2, 0.25) is 0 Å². The Labute approximate surface area is 74.8 Å². The van der Waals surface area contributed by atoms with E-state index in [1.807, 2.05) is 0 Å². The van der Waals surface area contributed by atoms with Crippen LogP contribution in [-0.2, 0) is 0 Å². The van der Waals surface area contributed by atoms with Crippen LogP contribution in [0.3, 0.4) is 0 Å². The molecule has 1 rings (SSSR count). The van der Waals surface area contributed by atoms with Crippen LogP contribution in [-0.4, -0.2) is 49.3 Å². The summed E-state index contributed by atoms with van der Waals surface area (Å²) in [5.74, 6) is 0.385. The first-order valence-electron chi connectivity index (χ1n) is 4.75. The molecule has 12 heavy (non-hydrogen) atoms. The summed E-state index contributed by atoms with van der Waals surface area (Å²) < 4.78 is 0. The molecular formula is C9H20N2O. The Balaban J connectivity index is 2.07. The molecule has 2 N–H and O–H groups in total. The van der Waals surface area contributed by atoms with Crippen LogP contribution in [0.1, 0.15) is 13.3 Å². The standard InChI is InChI=1S/C9H20N2O/c1-8(7-12)5-10-9-3-4-11(2)6-9/h8-10,12H,3-7H2,1-2H3. The highest BCUT2D eigenvalue weighted by molar-refractivity contribution is 4.79. The van der Waals surface area contributed by atoms with E-state index < -0.39 is 0 Å². The Morgan fingerprint density at radius 3 is 2.92 bits per heavy atom. The zero-order chi connectivity index (χ0) is 8.97. The third kappa shape index (κ3) is 3.09.